The van der Waals surface area contributed by atoms with E-state index in [1.807, 2.05) is 5.09 Å². The maximum Gasteiger partial charge on any atom is 1.00 e. The van der Waals surface area contributed by atoms with Crippen molar-refractivity contribution in [2.75, 3.05) is 26.3 Å². The number of nitrogens with one attached hydrogen (secondary N) is 2. The number of amides is 1. The molecule has 3 atom stereocenters. The zero-order valence-corrected chi connectivity index (χ0v) is 33.0. The molecular formula is C26H26N2Na3O12P2+. The predicted molar refractivity (Wildman–Crippen MR) is 147 cm³/mol. The normalized spacial score (nSPS) is 14.8. The molecule has 45 heavy (non-hydrogen) atoms. The number of phosphoric acid groups is 1. The van der Waals surface area contributed by atoms with Crippen LogP contribution in [0.5, 0.6) is 28.7 Å². The van der Waals surface area contributed by atoms with E-state index < -0.39 is 27.5 Å². The fraction of sp³-hybridized carbons (Fsp3) is 0.192. The molecule has 0 saturated heterocycles. The van der Waals surface area contributed by atoms with Crippen molar-refractivity contribution in [2.45, 2.75) is 12.5 Å². The second kappa shape index (κ2) is 18.6. The van der Waals surface area contributed by atoms with E-state index in [0.29, 0.717) is 28.4 Å². The zero-order valence-electron chi connectivity index (χ0n) is 25.2. The summed E-state index contributed by atoms with van der Waals surface area (Å²) in [4.78, 5) is 54.0. The molecule has 3 aromatic carbocycles. The van der Waals surface area contributed by atoms with Gasteiger partial charge in [-0.15, -0.1) is 0 Å². The summed E-state index contributed by atoms with van der Waals surface area (Å²) in [6, 6.07) is 12.1. The van der Waals surface area contributed by atoms with Crippen molar-refractivity contribution in [3.63, 3.8) is 0 Å². The predicted octanol–water partition coefficient (Wildman–Crippen LogP) is -6.95. The topological polar surface area (TPSA) is 208 Å². The molecule has 4 N–H and O–H groups in total. The number of rotatable bonds is 12. The largest absolute Gasteiger partial charge is 1.00 e. The van der Waals surface area contributed by atoms with Crippen LogP contribution >= 0.6 is 15.6 Å². The maximum absolute atomic E-state index is 13.2. The van der Waals surface area contributed by atoms with Crippen LogP contribution in [0, 0.1) is 0 Å². The van der Waals surface area contributed by atoms with Crippen molar-refractivity contribution in [3.05, 3.63) is 71.3 Å². The molecule has 0 bridgehead atoms. The Morgan fingerprint density at radius 3 is 2.18 bits per heavy atom. The van der Waals surface area contributed by atoms with Crippen molar-refractivity contribution < 1.29 is 146 Å². The Morgan fingerprint density at radius 1 is 0.933 bits per heavy atom. The minimum absolute atomic E-state index is 0. The maximum atomic E-state index is 13.2. The van der Waals surface area contributed by atoms with Crippen molar-refractivity contribution in [2.24, 2.45) is 0 Å². The van der Waals surface area contributed by atoms with E-state index in [0.717, 1.165) is 5.56 Å². The van der Waals surface area contributed by atoms with Crippen molar-refractivity contribution >= 4 is 39.3 Å². The average molecular weight is 689 g/mol. The Kier molecular flexibility index (Phi) is 17.4. The zero-order chi connectivity index (χ0) is 30.5. The molecule has 14 nitrogen and oxygen atoms in total. The van der Waals surface area contributed by atoms with Crippen LogP contribution in [0.4, 0.5) is 5.69 Å². The van der Waals surface area contributed by atoms with Gasteiger partial charge in [-0.25, -0.2) is 5.09 Å². The first-order valence-electron chi connectivity index (χ1n) is 12.1. The Labute approximate surface area is 325 Å². The standard InChI is InChI=1S/C26H28N2O12P2.3Na/c1-36-22-10-7-16(3-4-18-13-23(37-2)25-24(14-18)38-15-39-25)11-20(22)27-26(29)21(28-41(30,31)32)12-17-5-8-19(9-6-17)40-42(33,34)35;;;/h3-11,13-14,21H,12,15H2,1-2H3,(H,27,29)(H2,33,34,35)(H3,28,30,31,32);;;/q;3*+1/p-2/b4-3-;;;/t21-;;;/m0.../s1. The third kappa shape index (κ3) is 12.9. The summed E-state index contributed by atoms with van der Waals surface area (Å²) in [5.41, 5.74) is 2.00. The molecule has 2 unspecified atom stereocenters. The van der Waals surface area contributed by atoms with Gasteiger partial charge in [0.05, 0.1) is 25.9 Å². The Morgan fingerprint density at radius 2 is 1.58 bits per heavy atom. The third-order valence-corrected chi connectivity index (χ3v) is 6.93. The first-order chi connectivity index (χ1) is 19.8. The Balaban J connectivity index is 0.00000337. The first-order valence-corrected chi connectivity index (χ1v) is 15.2. The van der Waals surface area contributed by atoms with Gasteiger partial charge < -0.3 is 48.4 Å². The van der Waals surface area contributed by atoms with E-state index in [2.05, 4.69) is 9.84 Å². The smallest absolute Gasteiger partial charge is 0.766 e. The van der Waals surface area contributed by atoms with Gasteiger partial charge in [0, 0.05) is 0 Å². The van der Waals surface area contributed by atoms with Gasteiger partial charge >= 0.3 is 96.5 Å². The van der Waals surface area contributed by atoms with Gasteiger partial charge in [0.25, 0.3) is 0 Å². The Hall–Kier alpha value is -0.870. The molecule has 1 amide bonds. The number of hydrogen-bond acceptors (Lipinski definition) is 10. The molecule has 0 fully saturated rings. The number of fused-ring (bicyclic) bond motifs is 1. The van der Waals surface area contributed by atoms with E-state index in [4.69, 9.17) is 23.8 Å². The van der Waals surface area contributed by atoms with Crippen LogP contribution in [0.1, 0.15) is 16.7 Å². The molecule has 19 heteroatoms. The molecule has 4 rings (SSSR count). The number of carbonyl (C=O) groups is 1. The van der Waals surface area contributed by atoms with Crippen LogP contribution in [0.15, 0.2) is 54.6 Å². The van der Waals surface area contributed by atoms with Crippen LogP contribution in [0.3, 0.4) is 0 Å². The minimum atomic E-state index is -5.11. The number of hydrogen-bond donors (Lipinski definition) is 4. The number of carbonyl (C=O) groups excluding carboxylic acids is 1. The number of ether oxygens (including phenoxy) is 4. The van der Waals surface area contributed by atoms with Crippen molar-refractivity contribution in [1.29, 1.82) is 0 Å². The summed E-state index contributed by atoms with van der Waals surface area (Å²) >= 11 is 0. The van der Waals surface area contributed by atoms with Gasteiger partial charge in [-0.1, -0.05) is 30.4 Å². The van der Waals surface area contributed by atoms with Gasteiger partial charge in [0.15, 0.2) is 11.5 Å². The van der Waals surface area contributed by atoms with Gasteiger partial charge in [-0.05, 0) is 59.5 Å². The molecule has 1 heterocycles. The van der Waals surface area contributed by atoms with E-state index in [1.54, 1.807) is 42.5 Å². The van der Waals surface area contributed by atoms with Gasteiger partial charge in [-0.3, -0.25) is 13.9 Å². The van der Waals surface area contributed by atoms with E-state index in [-0.39, 0.29) is 119 Å². The number of benzene rings is 3. The summed E-state index contributed by atoms with van der Waals surface area (Å²) in [7, 11) is -7.22. The fourth-order valence-electron chi connectivity index (χ4n) is 4.03. The molecule has 0 radical (unpaired) electrons. The molecule has 0 aliphatic carbocycles. The molecule has 3 aromatic rings. The average Bonchev–Trinajstić information content (AvgIpc) is 3.39. The number of anilines is 1. The monoisotopic (exact) mass is 689 g/mol. The van der Waals surface area contributed by atoms with Gasteiger partial charge in [-0.2, -0.15) is 0 Å². The first kappa shape index (κ1) is 42.2. The molecule has 0 aromatic heterocycles. The van der Waals surface area contributed by atoms with Gasteiger partial charge in [0.1, 0.15) is 11.5 Å². The van der Waals surface area contributed by atoms with E-state index in [9.17, 15) is 28.6 Å². The van der Waals surface area contributed by atoms with Crippen LogP contribution in [-0.2, 0) is 20.3 Å². The molecule has 224 valence electrons. The molecule has 1 aliphatic heterocycles. The number of methoxy groups -OCH3 is 2. The summed E-state index contributed by atoms with van der Waals surface area (Å²) in [5, 5.41) is 4.51. The Bertz CT molecular complexity index is 1580. The van der Waals surface area contributed by atoms with Crippen LogP contribution in [0.25, 0.3) is 12.2 Å². The molecule has 0 saturated carbocycles. The minimum Gasteiger partial charge on any atom is -0.766 e. The van der Waals surface area contributed by atoms with Crippen molar-refractivity contribution in [3.8, 4) is 28.7 Å². The second-order valence-corrected chi connectivity index (χ2v) is 11.3. The van der Waals surface area contributed by atoms with Crippen LogP contribution in [0.2, 0.25) is 0 Å². The van der Waals surface area contributed by atoms with Crippen LogP contribution < -0.4 is 132 Å². The summed E-state index contributed by atoms with van der Waals surface area (Å²) in [6.45, 7) is 0.0857. The SMILES string of the molecule is COc1ccc(/C=C\c2cc(OC)c3c(c2)OCO3)cc1NC(=O)[C@H](Cc1ccc(OP(=O)([O-])O)cc1)NP(=O)([O-])O.[Na+].[Na+].[Na+]. The van der Waals surface area contributed by atoms with Gasteiger partial charge in [0.2, 0.25) is 26.2 Å². The molecular weight excluding hydrogens is 663 g/mol. The summed E-state index contributed by atoms with van der Waals surface area (Å²) < 4.78 is 48.5. The second-order valence-electron chi connectivity index (χ2n) is 8.85. The van der Waals surface area contributed by atoms with Crippen LogP contribution in [-0.4, -0.2) is 42.7 Å². The van der Waals surface area contributed by atoms with E-state index in [1.165, 1.54) is 38.5 Å². The van der Waals surface area contributed by atoms with E-state index >= 15 is 0 Å². The summed E-state index contributed by atoms with van der Waals surface area (Å²) in [5.74, 6) is 0.826. The van der Waals surface area contributed by atoms with Crippen molar-refractivity contribution in [1.82, 2.24) is 5.09 Å². The fourth-order valence-corrected chi connectivity index (χ4v) is 5.03. The number of phosphoric ester groups is 1. The third-order valence-electron chi connectivity index (χ3n) is 5.85. The molecule has 1 aliphatic rings. The quantitative estimate of drug-likeness (QED) is 0.0794. The summed E-state index contributed by atoms with van der Waals surface area (Å²) in [6.07, 6.45) is 3.32. The molecule has 0 spiro atoms.